The van der Waals surface area contributed by atoms with Crippen LogP contribution in [0, 0.1) is 0 Å². The smallest absolute Gasteiger partial charge is 0.230 e. The molecule has 1 aliphatic heterocycles. The monoisotopic (exact) mass is 367 g/mol. The van der Waals surface area contributed by atoms with Crippen molar-refractivity contribution in [2.24, 2.45) is 0 Å². The molecule has 1 saturated heterocycles. The van der Waals surface area contributed by atoms with E-state index in [0.717, 1.165) is 37.0 Å². The van der Waals surface area contributed by atoms with E-state index in [0.29, 0.717) is 26.4 Å². The molecule has 0 spiro atoms. The lowest BCUT2D eigenvalue weighted by Crippen LogP contribution is -2.48. The van der Waals surface area contributed by atoms with Gasteiger partial charge in [-0.25, -0.2) is 0 Å². The summed E-state index contributed by atoms with van der Waals surface area (Å²) in [6.45, 7) is 4.58. The lowest BCUT2D eigenvalue weighted by molar-refractivity contribution is -0.130. The summed E-state index contributed by atoms with van der Waals surface area (Å²) in [5, 5.41) is 3.18. The number of nitrogens with one attached hydrogen (secondary N) is 1. The van der Waals surface area contributed by atoms with Crippen LogP contribution in [0.25, 0.3) is 0 Å². The molecule has 1 heterocycles. The highest BCUT2D eigenvalue weighted by Crippen LogP contribution is 2.35. The van der Waals surface area contributed by atoms with Crippen molar-refractivity contribution in [2.75, 3.05) is 26.4 Å². The molecule has 0 atom stereocenters. The molecule has 0 bridgehead atoms. The fourth-order valence-corrected chi connectivity index (χ4v) is 3.78. The van der Waals surface area contributed by atoms with Crippen LogP contribution in [0.5, 0.6) is 5.75 Å². The zero-order valence-corrected chi connectivity index (χ0v) is 16.1. The highest BCUT2D eigenvalue weighted by Gasteiger charge is 2.41. The Kier molecular flexibility index (Phi) is 6.88. The van der Waals surface area contributed by atoms with E-state index in [1.807, 2.05) is 43.3 Å². The van der Waals surface area contributed by atoms with Crippen LogP contribution in [0.2, 0.25) is 0 Å². The number of amides is 1. The molecule has 4 heteroatoms. The predicted molar refractivity (Wildman–Crippen MR) is 107 cm³/mol. The quantitative estimate of drug-likeness (QED) is 0.720. The molecule has 2 aromatic rings. The van der Waals surface area contributed by atoms with Gasteiger partial charge in [-0.15, -0.1) is 0 Å². The summed E-state index contributed by atoms with van der Waals surface area (Å²) in [6.07, 6.45) is 3.24. The molecule has 0 unspecified atom stereocenters. The summed E-state index contributed by atoms with van der Waals surface area (Å²) in [5.41, 5.74) is 1.81. The van der Waals surface area contributed by atoms with E-state index >= 15 is 0 Å². The topological polar surface area (TPSA) is 47.6 Å². The van der Waals surface area contributed by atoms with Gasteiger partial charge in [0.1, 0.15) is 5.75 Å². The Morgan fingerprint density at radius 2 is 1.78 bits per heavy atom. The zero-order valence-electron chi connectivity index (χ0n) is 16.1. The number of hydrogen-bond acceptors (Lipinski definition) is 3. The molecule has 0 aliphatic carbocycles. The van der Waals surface area contributed by atoms with Crippen LogP contribution in [-0.4, -0.2) is 32.3 Å². The average molecular weight is 367 g/mol. The molecular formula is C23H29NO3. The van der Waals surface area contributed by atoms with Crippen molar-refractivity contribution in [1.29, 1.82) is 0 Å². The minimum atomic E-state index is -0.470. The van der Waals surface area contributed by atoms with Gasteiger partial charge in [-0.05, 0) is 49.8 Å². The van der Waals surface area contributed by atoms with E-state index in [2.05, 4.69) is 23.5 Å². The van der Waals surface area contributed by atoms with E-state index in [1.165, 1.54) is 5.56 Å². The van der Waals surface area contributed by atoms with Gasteiger partial charge in [0.15, 0.2) is 0 Å². The third-order valence-electron chi connectivity index (χ3n) is 5.29. The Labute approximate surface area is 161 Å². The Balaban J connectivity index is 1.59. The number of carbonyl (C=O) groups excluding carboxylic acids is 1. The molecule has 27 heavy (non-hydrogen) atoms. The van der Waals surface area contributed by atoms with Gasteiger partial charge in [0.25, 0.3) is 0 Å². The molecule has 4 nitrogen and oxygen atoms in total. The van der Waals surface area contributed by atoms with Crippen LogP contribution in [0.3, 0.4) is 0 Å². The van der Waals surface area contributed by atoms with Crippen molar-refractivity contribution in [1.82, 2.24) is 5.32 Å². The first-order valence-corrected chi connectivity index (χ1v) is 9.88. The van der Waals surface area contributed by atoms with E-state index in [-0.39, 0.29) is 5.91 Å². The number of para-hydroxylation sites is 1. The standard InChI is InChI=1S/C23H29NO3/c1-2-27-21-13-7-6-9-19(21)10-8-16-24-22(25)23(14-17-26-18-15-23)20-11-4-3-5-12-20/h3-7,9,11-13H,2,8,10,14-18H2,1H3,(H,24,25). The summed E-state index contributed by atoms with van der Waals surface area (Å²) in [6, 6.07) is 18.2. The van der Waals surface area contributed by atoms with Crippen molar-refractivity contribution >= 4 is 5.91 Å². The maximum absolute atomic E-state index is 13.1. The third kappa shape index (κ3) is 4.69. The van der Waals surface area contributed by atoms with E-state index in [4.69, 9.17) is 9.47 Å². The van der Waals surface area contributed by atoms with Gasteiger partial charge >= 0.3 is 0 Å². The highest BCUT2D eigenvalue weighted by atomic mass is 16.5. The second-order valence-corrected chi connectivity index (χ2v) is 6.96. The minimum absolute atomic E-state index is 0.120. The molecule has 0 saturated carbocycles. The largest absolute Gasteiger partial charge is 0.494 e. The van der Waals surface area contributed by atoms with Crippen LogP contribution in [0.15, 0.2) is 54.6 Å². The molecule has 2 aromatic carbocycles. The van der Waals surface area contributed by atoms with Crippen LogP contribution in [-0.2, 0) is 21.4 Å². The Morgan fingerprint density at radius 3 is 2.52 bits per heavy atom. The Morgan fingerprint density at radius 1 is 1.07 bits per heavy atom. The Hall–Kier alpha value is -2.33. The lowest BCUT2D eigenvalue weighted by Gasteiger charge is -2.36. The fraction of sp³-hybridized carbons (Fsp3) is 0.435. The number of rotatable bonds is 8. The van der Waals surface area contributed by atoms with Crippen molar-refractivity contribution in [3.63, 3.8) is 0 Å². The van der Waals surface area contributed by atoms with Crippen LogP contribution in [0.4, 0.5) is 0 Å². The minimum Gasteiger partial charge on any atom is -0.494 e. The first-order valence-electron chi connectivity index (χ1n) is 9.88. The van der Waals surface area contributed by atoms with Gasteiger partial charge in [0.2, 0.25) is 5.91 Å². The van der Waals surface area contributed by atoms with Crippen molar-refractivity contribution in [2.45, 2.75) is 38.0 Å². The number of aryl methyl sites for hydroxylation is 1. The van der Waals surface area contributed by atoms with E-state index < -0.39 is 5.41 Å². The summed E-state index contributed by atoms with van der Waals surface area (Å²) in [7, 11) is 0. The zero-order chi connectivity index (χ0) is 19.0. The number of hydrogen-bond donors (Lipinski definition) is 1. The van der Waals surface area contributed by atoms with Crippen LogP contribution >= 0.6 is 0 Å². The molecular weight excluding hydrogens is 338 g/mol. The summed E-state index contributed by atoms with van der Waals surface area (Å²) in [4.78, 5) is 13.1. The van der Waals surface area contributed by atoms with E-state index in [1.54, 1.807) is 0 Å². The molecule has 0 radical (unpaired) electrons. The van der Waals surface area contributed by atoms with Gasteiger partial charge < -0.3 is 14.8 Å². The number of carbonyl (C=O) groups is 1. The number of benzene rings is 2. The maximum atomic E-state index is 13.1. The first-order chi connectivity index (χ1) is 13.3. The summed E-state index contributed by atoms with van der Waals surface area (Å²) >= 11 is 0. The fourth-order valence-electron chi connectivity index (χ4n) is 3.78. The van der Waals surface area contributed by atoms with Gasteiger partial charge in [-0.3, -0.25) is 4.79 Å². The second kappa shape index (κ2) is 9.56. The van der Waals surface area contributed by atoms with Crippen LogP contribution in [0.1, 0.15) is 37.3 Å². The lowest BCUT2D eigenvalue weighted by atomic mass is 9.73. The molecule has 3 rings (SSSR count). The van der Waals surface area contributed by atoms with Crippen molar-refractivity contribution < 1.29 is 14.3 Å². The van der Waals surface area contributed by atoms with Gasteiger partial charge in [0.05, 0.1) is 12.0 Å². The summed E-state index contributed by atoms with van der Waals surface area (Å²) in [5.74, 6) is 1.06. The average Bonchev–Trinajstić information content (AvgIpc) is 2.73. The first kappa shape index (κ1) is 19.4. The molecule has 1 aliphatic rings. The predicted octanol–water partition coefficient (Wildman–Crippen LogP) is 3.88. The molecule has 1 fully saturated rings. The summed E-state index contributed by atoms with van der Waals surface area (Å²) < 4.78 is 11.2. The number of ether oxygens (including phenoxy) is 2. The third-order valence-corrected chi connectivity index (χ3v) is 5.29. The normalized spacial score (nSPS) is 15.9. The van der Waals surface area contributed by atoms with Crippen molar-refractivity contribution in [3.8, 4) is 5.75 Å². The second-order valence-electron chi connectivity index (χ2n) is 6.96. The molecule has 1 N–H and O–H groups in total. The van der Waals surface area contributed by atoms with Gasteiger partial charge in [0, 0.05) is 19.8 Å². The van der Waals surface area contributed by atoms with Gasteiger partial charge in [-0.1, -0.05) is 48.5 Å². The molecule has 1 amide bonds. The van der Waals surface area contributed by atoms with Gasteiger partial charge in [-0.2, -0.15) is 0 Å². The Bertz CT molecular complexity index is 723. The SMILES string of the molecule is CCOc1ccccc1CCCNC(=O)C1(c2ccccc2)CCOCC1. The molecule has 0 aromatic heterocycles. The highest BCUT2D eigenvalue weighted by molar-refractivity contribution is 5.88. The van der Waals surface area contributed by atoms with Crippen molar-refractivity contribution in [3.05, 3.63) is 65.7 Å². The van der Waals surface area contributed by atoms with Crippen LogP contribution < -0.4 is 10.1 Å². The van der Waals surface area contributed by atoms with E-state index in [9.17, 15) is 4.79 Å². The maximum Gasteiger partial charge on any atom is 0.230 e. The molecule has 144 valence electrons.